The lowest BCUT2D eigenvalue weighted by Gasteiger charge is -2.10. The van der Waals surface area contributed by atoms with E-state index in [0.29, 0.717) is 11.3 Å². The molecule has 0 aliphatic carbocycles. The fourth-order valence-corrected chi connectivity index (χ4v) is 2.48. The predicted molar refractivity (Wildman–Crippen MR) is 115 cm³/mol. The van der Waals surface area contributed by atoms with E-state index in [9.17, 15) is 14.4 Å². The Balaban J connectivity index is 1.80. The molecule has 0 fully saturated rings. The lowest BCUT2D eigenvalue weighted by Crippen LogP contribution is -2.41. The molecule has 0 bridgehead atoms. The Kier molecular flexibility index (Phi) is 8.10. The summed E-state index contributed by atoms with van der Waals surface area (Å²) in [5, 5.41) is 9.03. The van der Waals surface area contributed by atoms with Crippen molar-refractivity contribution >= 4 is 29.6 Å². The van der Waals surface area contributed by atoms with Crippen LogP contribution < -0.4 is 20.8 Å². The minimum absolute atomic E-state index is 0.123. The van der Waals surface area contributed by atoms with Gasteiger partial charge in [0.05, 0.1) is 6.21 Å². The molecule has 8 heteroatoms. The normalized spacial score (nSPS) is 10.7. The van der Waals surface area contributed by atoms with Gasteiger partial charge in [-0.3, -0.25) is 14.4 Å². The molecule has 2 aromatic carbocycles. The number of ether oxygens (including phenoxy) is 1. The van der Waals surface area contributed by atoms with Crippen molar-refractivity contribution in [3.05, 3.63) is 59.2 Å². The van der Waals surface area contributed by atoms with Gasteiger partial charge in [-0.05, 0) is 69.2 Å². The smallest absolute Gasteiger partial charge is 0.329 e. The number of carbonyl (C=O) groups is 3. The first-order chi connectivity index (χ1) is 14.2. The molecule has 3 N–H and O–H groups in total. The molecule has 0 heterocycles. The zero-order valence-corrected chi connectivity index (χ0v) is 17.5. The van der Waals surface area contributed by atoms with Crippen LogP contribution in [0.3, 0.4) is 0 Å². The predicted octanol–water partition coefficient (Wildman–Crippen LogP) is 2.30. The van der Waals surface area contributed by atoms with Gasteiger partial charge in [-0.1, -0.05) is 17.7 Å². The van der Waals surface area contributed by atoms with Crippen LogP contribution in [0.4, 0.5) is 5.69 Å². The maximum Gasteiger partial charge on any atom is 0.329 e. The second-order valence-corrected chi connectivity index (χ2v) is 7.05. The van der Waals surface area contributed by atoms with E-state index >= 15 is 0 Å². The molecular formula is C22H26N4O4. The van der Waals surface area contributed by atoms with E-state index in [0.717, 1.165) is 16.8 Å². The Morgan fingerprint density at radius 2 is 1.73 bits per heavy atom. The standard InChI is InChI=1S/C22H26N4O4/c1-14(2)24-21(28)22(29)26-23-12-17-6-8-18(9-7-17)30-13-20(27)25-19-10-5-15(3)11-16(19)4/h5-12,14H,13H2,1-4H3,(H,24,28)(H,25,27)(H,26,29)/b23-12-. The van der Waals surface area contributed by atoms with Gasteiger partial charge >= 0.3 is 11.8 Å². The number of nitrogens with one attached hydrogen (secondary N) is 3. The van der Waals surface area contributed by atoms with Crippen molar-refractivity contribution in [2.75, 3.05) is 11.9 Å². The monoisotopic (exact) mass is 410 g/mol. The molecule has 0 radical (unpaired) electrons. The molecule has 3 amide bonds. The van der Waals surface area contributed by atoms with Crippen LogP contribution in [0.1, 0.15) is 30.5 Å². The van der Waals surface area contributed by atoms with Crippen molar-refractivity contribution in [1.29, 1.82) is 0 Å². The molecule has 0 aromatic heterocycles. The van der Waals surface area contributed by atoms with Crippen molar-refractivity contribution < 1.29 is 19.1 Å². The molecule has 0 aliphatic rings. The second kappa shape index (κ2) is 10.8. The van der Waals surface area contributed by atoms with Gasteiger partial charge in [0.1, 0.15) is 5.75 Å². The molecule has 2 rings (SSSR count). The highest BCUT2D eigenvalue weighted by Gasteiger charge is 2.12. The van der Waals surface area contributed by atoms with Crippen LogP contribution in [-0.4, -0.2) is 36.6 Å². The SMILES string of the molecule is Cc1ccc(NC(=O)COc2ccc(/C=N\NC(=O)C(=O)NC(C)C)cc2)c(C)c1. The average molecular weight is 410 g/mol. The van der Waals surface area contributed by atoms with Gasteiger partial charge in [0.2, 0.25) is 0 Å². The Morgan fingerprint density at radius 3 is 2.37 bits per heavy atom. The number of hydrazone groups is 1. The van der Waals surface area contributed by atoms with Crippen molar-refractivity contribution in [2.24, 2.45) is 5.10 Å². The highest BCUT2D eigenvalue weighted by Crippen LogP contribution is 2.16. The fraction of sp³-hybridized carbons (Fsp3) is 0.273. The van der Waals surface area contributed by atoms with E-state index in [1.807, 2.05) is 32.0 Å². The van der Waals surface area contributed by atoms with E-state index in [4.69, 9.17) is 4.74 Å². The molecule has 0 unspecified atom stereocenters. The van der Waals surface area contributed by atoms with Crippen molar-refractivity contribution in [1.82, 2.24) is 10.7 Å². The maximum atomic E-state index is 12.1. The average Bonchev–Trinajstić information content (AvgIpc) is 2.69. The summed E-state index contributed by atoms with van der Waals surface area (Å²) in [7, 11) is 0. The zero-order valence-electron chi connectivity index (χ0n) is 17.5. The van der Waals surface area contributed by atoms with Crippen LogP contribution in [-0.2, 0) is 14.4 Å². The summed E-state index contributed by atoms with van der Waals surface area (Å²) in [4.78, 5) is 35.1. The summed E-state index contributed by atoms with van der Waals surface area (Å²) in [6.07, 6.45) is 1.40. The van der Waals surface area contributed by atoms with Gasteiger partial charge in [-0.2, -0.15) is 5.10 Å². The first-order valence-corrected chi connectivity index (χ1v) is 9.48. The van der Waals surface area contributed by atoms with Crippen LogP contribution in [0, 0.1) is 13.8 Å². The van der Waals surface area contributed by atoms with E-state index in [-0.39, 0.29) is 18.6 Å². The molecule has 0 saturated heterocycles. The number of benzene rings is 2. The summed E-state index contributed by atoms with van der Waals surface area (Å²) in [5.74, 6) is -1.32. The van der Waals surface area contributed by atoms with Crippen LogP contribution in [0.25, 0.3) is 0 Å². The lowest BCUT2D eigenvalue weighted by molar-refractivity contribution is -0.139. The van der Waals surface area contributed by atoms with Crippen LogP contribution in [0.5, 0.6) is 5.75 Å². The number of rotatable bonds is 7. The Bertz CT molecular complexity index is 937. The minimum atomic E-state index is -0.838. The number of anilines is 1. The second-order valence-electron chi connectivity index (χ2n) is 7.05. The van der Waals surface area contributed by atoms with E-state index < -0.39 is 11.8 Å². The summed E-state index contributed by atoms with van der Waals surface area (Å²) < 4.78 is 5.49. The molecule has 0 spiro atoms. The molecule has 2 aromatic rings. The van der Waals surface area contributed by atoms with Crippen LogP contribution in [0.2, 0.25) is 0 Å². The first kappa shape index (κ1) is 22.6. The van der Waals surface area contributed by atoms with Gasteiger partial charge in [-0.15, -0.1) is 0 Å². The van der Waals surface area contributed by atoms with E-state index in [2.05, 4.69) is 21.2 Å². The third kappa shape index (κ3) is 7.38. The number of amides is 3. The summed E-state index contributed by atoms with van der Waals surface area (Å²) in [6, 6.07) is 12.4. The molecule has 0 aliphatic heterocycles. The number of hydrogen-bond acceptors (Lipinski definition) is 5. The summed E-state index contributed by atoms with van der Waals surface area (Å²) in [5.41, 5.74) is 5.71. The maximum absolute atomic E-state index is 12.1. The highest BCUT2D eigenvalue weighted by atomic mass is 16.5. The van der Waals surface area contributed by atoms with E-state index in [1.165, 1.54) is 6.21 Å². The van der Waals surface area contributed by atoms with Crippen molar-refractivity contribution in [3.63, 3.8) is 0 Å². The van der Waals surface area contributed by atoms with Gasteiger partial charge in [0.15, 0.2) is 6.61 Å². The number of carbonyl (C=O) groups excluding carboxylic acids is 3. The number of nitrogens with zero attached hydrogens (tertiary/aromatic N) is 1. The zero-order chi connectivity index (χ0) is 22.1. The van der Waals surface area contributed by atoms with Gasteiger partial charge < -0.3 is 15.4 Å². The molecule has 30 heavy (non-hydrogen) atoms. The topological polar surface area (TPSA) is 109 Å². The quantitative estimate of drug-likeness (QED) is 0.370. The lowest BCUT2D eigenvalue weighted by atomic mass is 10.1. The first-order valence-electron chi connectivity index (χ1n) is 9.48. The number of hydrogen-bond donors (Lipinski definition) is 3. The van der Waals surface area contributed by atoms with Gasteiger partial charge in [-0.25, -0.2) is 5.43 Å². The Hall–Kier alpha value is -3.68. The largest absolute Gasteiger partial charge is 0.484 e. The van der Waals surface area contributed by atoms with Crippen molar-refractivity contribution in [2.45, 2.75) is 33.7 Å². The van der Waals surface area contributed by atoms with Gasteiger partial charge in [0, 0.05) is 11.7 Å². The molecule has 158 valence electrons. The Morgan fingerprint density at radius 1 is 1.03 bits per heavy atom. The Labute approximate surface area is 175 Å². The third-order valence-corrected chi connectivity index (χ3v) is 3.91. The van der Waals surface area contributed by atoms with Crippen LogP contribution >= 0.6 is 0 Å². The minimum Gasteiger partial charge on any atom is -0.484 e. The fourth-order valence-electron chi connectivity index (χ4n) is 2.48. The summed E-state index contributed by atoms with van der Waals surface area (Å²) >= 11 is 0. The van der Waals surface area contributed by atoms with Crippen molar-refractivity contribution in [3.8, 4) is 5.75 Å². The summed E-state index contributed by atoms with van der Waals surface area (Å²) in [6.45, 7) is 7.31. The molecule has 0 atom stereocenters. The number of aryl methyl sites for hydroxylation is 2. The third-order valence-electron chi connectivity index (χ3n) is 3.91. The molecular weight excluding hydrogens is 384 g/mol. The van der Waals surface area contributed by atoms with E-state index in [1.54, 1.807) is 38.1 Å². The highest BCUT2D eigenvalue weighted by molar-refractivity contribution is 6.35. The van der Waals surface area contributed by atoms with Gasteiger partial charge in [0.25, 0.3) is 5.91 Å². The van der Waals surface area contributed by atoms with Crippen LogP contribution in [0.15, 0.2) is 47.6 Å². The molecule has 0 saturated carbocycles. The molecule has 8 nitrogen and oxygen atoms in total.